The molecule has 0 spiro atoms. The van der Waals surface area contributed by atoms with Crippen molar-refractivity contribution in [3.8, 4) is 0 Å². The lowest BCUT2D eigenvalue weighted by molar-refractivity contribution is -0.152. The number of rotatable bonds is 36. The first-order chi connectivity index (χ1) is 25.0. The fourth-order valence-corrected chi connectivity index (χ4v) is 5.43. The smallest absolute Gasteiger partial charge is 0.306 e. The average molecular weight is 713 g/mol. The molecule has 2 N–H and O–H groups in total. The zero-order chi connectivity index (χ0) is 37.3. The average Bonchev–Trinajstić information content (AvgIpc) is 3.12. The predicted molar refractivity (Wildman–Crippen MR) is 216 cm³/mol. The van der Waals surface area contributed by atoms with Gasteiger partial charge in [0.25, 0.3) is 0 Å². The third kappa shape index (κ3) is 39.9. The molecule has 0 aromatic rings. The van der Waals surface area contributed by atoms with Crippen LogP contribution in [-0.4, -0.2) is 47.6 Å². The van der Waals surface area contributed by atoms with Crippen molar-refractivity contribution in [1.29, 1.82) is 0 Å². The van der Waals surface area contributed by atoms with E-state index in [1.807, 2.05) is 30.4 Å². The Labute approximate surface area is 313 Å². The molecule has 0 radical (unpaired) electrons. The highest BCUT2D eigenvalue weighted by atomic mass is 16.6. The second-order valence-electron chi connectivity index (χ2n) is 13.6. The van der Waals surface area contributed by atoms with Gasteiger partial charge in [0, 0.05) is 12.8 Å². The lowest BCUT2D eigenvalue weighted by atomic mass is 10.0. The normalized spacial score (nSPS) is 13.6. The molecular weight excluding hydrogens is 636 g/mol. The Bertz CT molecular complexity index is 960. The molecule has 0 aliphatic rings. The van der Waals surface area contributed by atoms with Gasteiger partial charge in [-0.05, 0) is 44.9 Å². The van der Waals surface area contributed by atoms with Crippen molar-refractivity contribution < 1.29 is 29.3 Å². The van der Waals surface area contributed by atoms with Gasteiger partial charge in [-0.15, -0.1) is 0 Å². The summed E-state index contributed by atoms with van der Waals surface area (Å²) < 4.78 is 10.2. The molecule has 0 rings (SSSR count). The number of esters is 2. The molecule has 0 saturated carbocycles. The molecule has 0 amide bonds. The molecule has 0 aliphatic carbocycles. The van der Waals surface area contributed by atoms with Gasteiger partial charge in [0.1, 0.15) is 19.3 Å². The molecular formula is C45H76O6. The molecule has 51 heavy (non-hydrogen) atoms. The number of ether oxygens (including phenoxy) is 2. The maximum atomic E-state index is 12.0. The molecule has 0 aromatic carbocycles. The maximum absolute atomic E-state index is 12.0. The van der Waals surface area contributed by atoms with Crippen LogP contribution in [0.15, 0.2) is 72.9 Å². The van der Waals surface area contributed by atoms with Crippen LogP contribution in [-0.2, 0) is 19.1 Å². The summed E-state index contributed by atoms with van der Waals surface area (Å²) in [6.07, 6.45) is 49.9. The van der Waals surface area contributed by atoms with Crippen molar-refractivity contribution in [3.05, 3.63) is 72.9 Å². The molecule has 1 unspecified atom stereocenters. The number of carbonyl (C=O) groups excluding carboxylic acids is 2. The summed E-state index contributed by atoms with van der Waals surface area (Å²) in [5.74, 6) is -0.740. The van der Waals surface area contributed by atoms with Gasteiger partial charge in [0.05, 0.1) is 6.10 Å². The van der Waals surface area contributed by atoms with Crippen molar-refractivity contribution in [2.45, 2.75) is 187 Å². The van der Waals surface area contributed by atoms with Crippen LogP contribution in [0.4, 0.5) is 0 Å². The van der Waals surface area contributed by atoms with Crippen molar-refractivity contribution in [2.75, 3.05) is 13.2 Å². The van der Waals surface area contributed by atoms with E-state index in [0.29, 0.717) is 19.3 Å². The Kier molecular flexibility index (Phi) is 38.0. The van der Waals surface area contributed by atoms with E-state index in [0.717, 1.165) is 44.9 Å². The van der Waals surface area contributed by atoms with Gasteiger partial charge in [-0.25, -0.2) is 0 Å². The van der Waals surface area contributed by atoms with Crippen molar-refractivity contribution in [1.82, 2.24) is 0 Å². The van der Waals surface area contributed by atoms with E-state index in [-0.39, 0.29) is 25.6 Å². The van der Waals surface area contributed by atoms with E-state index in [2.05, 4.69) is 50.3 Å². The number of hydrogen-bond donors (Lipinski definition) is 2. The van der Waals surface area contributed by atoms with Crippen LogP contribution in [0.5, 0.6) is 0 Å². The topological polar surface area (TPSA) is 93.1 Å². The van der Waals surface area contributed by atoms with E-state index in [1.54, 1.807) is 6.08 Å². The second-order valence-corrected chi connectivity index (χ2v) is 13.6. The fraction of sp³-hybridized carbons (Fsp3) is 0.689. The van der Waals surface area contributed by atoms with Crippen LogP contribution in [0.2, 0.25) is 0 Å². The molecule has 0 heterocycles. The molecule has 0 aliphatic heterocycles. The number of hydrogen-bond acceptors (Lipinski definition) is 6. The van der Waals surface area contributed by atoms with Crippen molar-refractivity contribution in [3.63, 3.8) is 0 Å². The molecule has 0 aromatic heterocycles. The van der Waals surface area contributed by atoms with Crippen LogP contribution in [0, 0.1) is 0 Å². The summed E-state index contributed by atoms with van der Waals surface area (Å²) in [7, 11) is 0. The number of aliphatic hydroxyl groups is 2. The summed E-state index contributed by atoms with van der Waals surface area (Å²) in [5, 5.41) is 20.1. The molecule has 292 valence electrons. The van der Waals surface area contributed by atoms with E-state index >= 15 is 0 Å². The highest BCUT2D eigenvalue weighted by molar-refractivity contribution is 5.70. The lowest BCUT2D eigenvalue weighted by Crippen LogP contribution is -2.25. The van der Waals surface area contributed by atoms with Gasteiger partial charge in [-0.2, -0.15) is 0 Å². The number of carbonyl (C=O) groups is 2. The summed E-state index contributed by atoms with van der Waals surface area (Å²) in [4.78, 5) is 23.9. The minimum atomic E-state index is -1.03. The van der Waals surface area contributed by atoms with Gasteiger partial charge >= 0.3 is 11.9 Å². The quantitative estimate of drug-likeness (QED) is 0.0291. The first kappa shape index (κ1) is 48.3. The zero-order valence-electron chi connectivity index (χ0n) is 32.7. The van der Waals surface area contributed by atoms with Crippen molar-refractivity contribution >= 4 is 11.9 Å². The fourth-order valence-electron chi connectivity index (χ4n) is 5.43. The van der Waals surface area contributed by atoms with Gasteiger partial charge in [0.2, 0.25) is 0 Å². The van der Waals surface area contributed by atoms with Gasteiger partial charge in [-0.1, -0.05) is 189 Å². The maximum Gasteiger partial charge on any atom is 0.306 e. The summed E-state index contributed by atoms with van der Waals surface area (Å²) >= 11 is 0. The Morgan fingerprint density at radius 2 is 0.961 bits per heavy atom. The van der Waals surface area contributed by atoms with Gasteiger partial charge in [-0.3, -0.25) is 9.59 Å². The van der Waals surface area contributed by atoms with Gasteiger partial charge < -0.3 is 19.7 Å². The van der Waals surface area contributed by atoms with E-state index in [4.69, 9.17) is 9.47 Å². The first-order valence-electron chi connectivity index (χ1n) is 20.6. The van der Waals surface area contributed by atoms with Crippen LogP contribution < -0.4 is 0 Å². The van der Waals surface area contributed by atoms with Crippen LogP contribution in [0.25, 0.3) is 0 Å². The van der Waals surface area contributed by atoms with E-state index in [1.165, 1.54) is 89.9 Å². The predicted octanol–water partition coefficient (Wildman–Crippen LogP) is 11.9. The SMILES string of the molecule is CC/C=C\C/C=C\C/C=C\C/C=C\C=C/C(O)C/C=C\CCC(=O)OC[C@@H](O)COC(=O)CCCCCCCCCCCCCCCCCCC. The van der Waals surface area contributed by atoms with Crippen LogP contribution in [0.1, 0.15) is 174 Å². The number of unbranched alkanes of at least 4 members (excludes halogenated alkanes) is 16. The van der Waals surface area contributed by atoms with Gasteiger partial charge in [0.15, 0.2) is 0 Å². The minimum absolute atomic E-state index is 0.169. The Morgan fingerprint density at radius 1 is 0.510 bits per heavy atom. The Morgan fingerprint density at radius 3 is 1.47 bits per heavy atom. The zero-order valence-corrected chi connectivity index (χ0v) is 32.7. The van der Waals surface area contributed by atoms with E-state index < -0.39 is 18.2 Å². The molecule has 0 saturated heterocycles. The molecule has 6 nitrogen and oxygen atoms in total. The van der Waals surface area contributed by atoms with Crippen molar-refractivity contribution in [2.24, 2.45) is 0 Å². The largest absolute Gasteiger partial charge is 0.463 e. The summed E-state index contributed by atoms with van der Waals surface area (Å²) in [6.45, 7) is 4.04. The number of aliphatic hydroxyl groups excluding tert-OH is 2. The second kappa shape index (κ2) is 40.1. The standard InChI is InChI=1S/C45H76O6/c1-3-5-7-9-11-13-15-17-18-19-20-22-24-26-28-30-34-38-44(48)50-40-43(47)41-51-45(49)39-35-31-33-37-42(46)36-32-29-27-25-23-21-16-14-12-10-8-6-4-2/h6,8,12,14,21,23,27,29,31-33,36,42-43,46-47H,3-5,7,9-11,13,15-20,22,24-26,28,30,34-35,37-41H2,1-2H3/b8-6-,14-12-,23-21-,29-27-,33-31-,36-32-/t42?,43-/m0/s1. The molecule has 0 bridgehead atoms. The lowest BCUT2D eigenvalue weighted by Gasteiger charge is -2.12. The van der Waals surface area contributed by atoms with E-state index in [9.17, 15) is 19.8 Å². The molecule has 6 heteroatoms. The summed E-state index contributed by atoms with van der Waals surface area (Å²) in [6, 6.07) is 0. The number of allylic oxidation sites excluding steroid dienone is 10. The van der Waals surface area contributed by atoms with Crippen LogP contribution >= 0.6 is 0 Å². The highest BCUT2D eigenvalue weighted by Gasteiger charge is 2.11. The highest BCUT2D eigenvalue weighted by Crippen LogP contribution is 2.14. The molecule has 0 fully saturated rings. The first-order valence-corrected chi connectivity index (χ1v) is 20.6. The minimum Gasteiger partial charge on any atom is -0.463 e. The third-order valence-electron chi connectivity index (χ3n) is 8.55. The summed E-state index contributed by atoms with van der Waals surface area (Å²) in [5.41, 5.74) is 0. The molecule has 2 atom stereocenters. The van der Waals surface area contributed by atoms with Crippen LogP contribution in [0.3, 0.4) is 0 Å². The Hall–Kier alpha value is -2.70. The third-order valence-corrected chi connectivity index (χ3v) is 8.55. The monoisotopic (exact) mass is 713 g/mol. The Balaban J connectivity index is 3.64.